The van der Waals surface area contributed by atoms with Gasteiger partial charge in [-0.15, -0.1) is 5.06 Å². The van der Waals surface area contributed by atoms with Gasteiger partial charge in [-0.25, -0.2) is 9.59 Å². The summed E-state index contributed by atoms with van der Waals surface area (Å²) in [6.45, 7) is 3.61. The van der Waals surface area contributed by atoms with Crippen LogP contribution in [0.5, 0.6) is 0 Å². The van der Waals surface area contributed by atoms with Crippen molar-refractivity contribution < 1.29 is 28.4 Å². The molecule has 0 aliphatic carbocycles. The van der Waals surface area contributed by atoms with E-state index in [1.807, 2.05) is 6.92 Å². The molecular weight excluding hydrogens is 418 g/mol. The second-order valence-electron chi connectivity index (χ2n) is 7.68. The Kier molecular flexibility index (Phi) is 6.92. The topological polar surface area (TPSA) is 149 Å². The Bertz CT molecular complexity index is 1120. The highest BCUT2D eigenvalue weighted by atomic mass is 16.7. The molecule has 1 unspecified atom stereocenters. The van der Waals surface area contributed by atoms with Crippen LogP contribution in [-0.4, -0.2) is 34.8 Å². The van der Waals surface area contributed by atoms with E-state index in [1.165, 1.54) is 6.07 Å². The summed E-state index contributed by atoms with van der Waals surface area (Å²) in [4.78, 5) is 66.0. The Balaban J connectivity index is 1.76. The maximum Gasteiger partial charge on any atom is 0.355 e. The van der Waals surface area contributed by atoms with Crippen molar-refractivity contribution >= 4 is 40.3 Å². The molecule has 32 heavy (non-hydrogen) atoms. The van der Waals surface area contributed by atoms with E-state index in [9.17, 15) is 24.0 Å². The predicted octanol–water partition coefficient (Wildman–Crippen LogP) is 1.51. The van der Waals surface area contributed by atoms with Gasteiger partial charge in [0.1, 0.15) is 11.6 Å². The zero-order valence-electron chi connectivity index (χ0n) is 17.9. The van der Waals surface area contributed by atoms with Crippen LogP contribution >= 0.6 is 0 Å². The molecule has 0 saturated carbocycles. The number of aryl methyl sites for hydroxylation is 1. The minimum Gasteiger partial charge on any atom is -0.422 e. The van der Waals surface area contributed by atoms with Crippen molar-refractivity contribution in [2.45, 2.75) is 58.4 Å². The van der Waals surface area contributed by atoms with Gasteiger partial charge < -0.3 is 20.3 Å². The first-order chi connectivity index (χ1) is 15.2. The number of nitrogen functional groups attached to an aromatic ring is 1. The molecular formula is C22H25N3O7. The van der Waals surface area contributed by atoms with Crippen molar-refractivity contribution in [1.82, 2.24) is 10.4 Å². The van der Waals surface area contributed by atoms with Gasteiger partial charge in [-0.05, 0) is 31.0 Å². The van der Waals surface area contributed by atoms with Gasteiger partial charge in [-0.3, -0.25) is 14.4 Å². The third kappa shape index (κ3) is 4.96. The Labute approximate surface area is 183 Å². The molecule has 0 bridgehead atoms. The lowest BCUT2D eigenvalue weighted by molar-refractivity contribution is -0.199. The number of nitrogens with one attached hydrogen (secondary N) is 1. The first kappa shape index (κ1) is 23.0. The number of hydrogen-bond donors (Lipinski definition) is 2. The van der Waals surface area contributed by atoms with Crippen LogP contribution in [0.4, 0.5) is 5.69 Å². The van der Waals surface area contributed by atoms with Gasteiger partial charge in [-0.1, -0.05) is 19.8 Å². The second kappa shape index (κ2) is 9.63. The van der Waals surface area contributed by atoms with Crippen molar-refractivity contribution in [3.05, 3.63) is 39.7 Å². The van der Waals surface area contributed by atoms with Crippen molar-refractivity contribution in [2.75, 3.05) is 5.73 Å². The molecule has 0 spiro atoms. The standard InChI is InChI=1S/C22H25N3O7/c1-3-4-5-16(22(30)32-25-19(27)8-9-20(25)28)24-18(26)11-15-12(2)14-7-6-13(23)10-17(14)31-21(15)29/h6-7,10,16H,3-5,8-9,11,23H2,1-2H3,(H,24,26). The SMILES string of the molecule is CCCCC(NC(=O)Cc1c(C)c2ccc(N)cc2oc1=O)C(=O)ON1C(=O)CCC1=O. The summed E-state index contributed by atoms with van der Waals surface area (Å²) in [5.74, 6) is -2.71. The molecule has 10 heteroatoms. The molecule has 2 aromatic rings. The van der Waals surface area contributed by atoms with Gasteiger partial charge in [0.15, 0.2) is 0 Å². The molecule has 1 fully saturated rings. The lowest BCUT2D eigenvalue weighted by atomic mass is 10.0. The fraction of sp³-hybridized carbons (Fsp3) is 0.409. The quantitative estimate of drug-likeness (QED) is 0.354. The molecule has 1 aliphatic rings. The van der Waals surface area contributed by atoms with Crippen molar-refractivity contribution in [3.63, 3.8) is 0 Å². The molecule has 1 aromatic carbocycles. The summed E-state index contributed by atoms with van der Waals surface area (Å²) in [5.41, 5.74) is 6.55. The van der Waals surface area contributed by atoms with Crippen LogP contribution in [-0.2, 0) is 30.4 Å². The van der Waals surface area contributed by atoms with Crippen LogP contribution in [0.15, 0.2) is 27.4 Å². The number of hydroxylamine groups is 2. The largest absolute Gasteiger partial charge is 0.422 e. The van der Waals surface area contributed by atoms with Crippen LogP contribution in [0.25, 0.3) is 11.0 Å². The number of hydrogen-bond acceptors (Lipinski definition) is 8. The average Bonchev–Trinajstić information content (AvgIpc) is 3.05. The predicted molar refractivity (Wildman–Crippen MR) is 114 cm³/mol. The number of anilines is 1. The smallest absolute Gasteiger partial charge is 0.355 e. The van der Waals surface area contributed by atoms with E-state index >= 15 is 0 Å². The summed E-state index contributed by atoms with van der Waals surface area (Å²) >= 11 is 0. The summed E-state index contributed by atoms with van der Waals surface area (Å²) < 4.78 is 5.30. The normalized spacial score (nSPS) is 14.6. The number of rotatable bonds is 8. The summed E-state index contributed by atoms with van der Waals surface area (Å²) in [6.07, 6.45) is 1.23. The van der Waals surface area contributed by atoms with E-state index in [-0.39, 0.29) is 31.2 Å². The van der Waals surface area contributed by atoms with Gasteiger partial charge >= 0.3 is 11.6 Å². The molecule has 170 valence electrons. The molecule has 3 N–H and O–H groups in total. The Morgan fingerprint density at radius 2 is 1.91 bits per heavy atom. The average molecular weight is 443 g/mol. The Morgan fingerprint density at radius 3 is 2.56 bits per heavy atom. The Hall–Kier alpha value is -3.69. The lowest BCUT2D eigenvalue weighted by Crippen LogP contribution is -2.46. The van der Waals surface area contributed by atoms with E-state index in [1.54, 1.807) is 19.1 Å². The molecule has 1 aliphatic heterocycles. The number of amides is 3. The van der Waals surface area contributed by atoms with E-state index in [2.05, 4.69) is 5.32 Å². The molecule has 3 rings (SSSR count). The third-order valence-corrected chi connectivity index (χ3v) is 5.30. The number of carbonyl (C=O) groups is 4. The molecule has 1 atom stereocenters. The van der Waals surface area contributed by atoms with Crippen LogP contribution in [0, 0.1) is 6.92 Å². The van der Waals surface area contributed by atoms with E-state index < -0.39 is 35.4 Å². The fourth-order valence-electron chi connectivity index (χ4n) is 3.49. The molecule has 10 nitrogen and oxygen atoms in total. The molecule has 1 aromatic heterocycles. The van der Waals surface area contributed by atoms with Crippen LogP contribution in [0.1, 0.15) is 50.2 Å². The molecule has 3 amide bonds. The van der Waals surface area contributed by atoms with Crippen molar-refractivity contribution in [1.29, 1.82) is 0 Å². The number of nitrogens with two attached hydrogens (primary N) is 1. The minimum absolute atomic E-state index is 0.0270. The van der Waals surface area contributed by atoms with Crippen molar-refractivity contribution in [3.8, 4) is 0 Å². The number of nitrogens with zero attached hydrogens (tertiary/aromatic N) is 1. The first-order valence-corrected chi connectivity index (χ1v) is 10.4. The van der Waals surface area contributed by atoms with Gasteiger partial charge in [0.05, 0.1) is 12.0 Å². The van der Waals surface area contributed by atoms with Crippen LogP contribution in [0.2, 0.25) is 0 Å². The van der Waals surface area contributed by atoms with E-state index in [4.69, 9.17) is 15.0 Å². The zero-order chi connectivity index (χ0) is 23.4. The van der Waals surface area contributed by atoms with E-state index in [0.717, 1.165) is 6.42 Å². The summed E-state index contributed by atoms with van der Waals surface area (Å²) in [6, 6.07) is 3.83. The molecule has 1 saturated heterocycles. The number of fused-ring (bicyclic) bond motifs is 1. The van der Waals surface area contributed by atoms with E-state index in [0.29, 0.717) is 33.7 Å². The fourth-order valence-corrected chi connectivity index (χ4v) is 3.49. The van der Waals surface area contributed by atoms with Gasteiger partial charge in [-0.2, -0.15) is 0 Å². The monoisotopic (exact) mass is 443 g/mol. The van der Waals surface area contributed by atoms with Crippen LogP contribution in [0.3, 0.4) is 0 Å². The highest BCUT2D eigenvalue weighted by Crippen LogP contribution is 2.22. The number of unbranched alkanes of at least 4 members (excludes halogenated alkanes) is 1. The number of carbonyl (C=O) groups excluding carboxylic acids is 4. The molecule has 2 heterocycles. The summed E-state index contributed by atoms with van der Waals surface area (Å²) in [7, 11) is 0. The Morgan fingerprint density at radius 1 is 1.22 bits per heavy atom. The molecule has 0 radical (unpaired) electrons. The number of imide groups is 1. The lowest BCUT2D eigenvalue weighted by Gasteiger charge is -2.20. The summed E-state index contributed by atoms with van der Waals surface area (Å²) in [5, 5.41) is 3.65. The number of benzene rings is 1. The highest BCUT2D eigenvalue weighted by Gasteiger charge is 2.35. The third-order valence-electron chi connectivity index (χ3n) is 5.30. The van der Waals surface area contributed by atoms with Gasteiger partial charge in [0.25, 0.3) is 11.8 Å². The first-order valence-electron chi connectivity index (χ1n) is 10.4. The van der Waals surface area contributed by atoms with Crippen LogP contribution < -0.4 is 16.7 Å². The highest BCUT2D eigenvalue weighted by molar-refractivity contribution is 6.02. The van der Waals surface area contributed by atoms with Crippen molar-refractivity contribution in [2.24, 2.45) is 0 Å². The minimum atomic E-state index is -1.07. The zero-order valence-corrected chi connectivity index (χ0v) is 17.9. The maximum absolute atomic E-state index is 12.7. The maximum atomic E-state index is 12.7. The second-order valence-corrected chi connectivity index (χ2v) is 7.68. The van der Waals surface area contributed by atoms with Gasteiger partial charge in [0.2, 0.25) is 5.91 Å². The van der Waals surface area contributed by atoms with Gasteiger partial charge in [0, 0.05) is 30.0 Å².